The normalized spacial score (nSPS) is 12.7. The fraction of sp³-hybridized carbons (Fsp3) is 0.786. The van der Waals surface area contributed by atoms with Crippen LogP contribution in [0, 0.1) is 5.92 Å². The first-order valence-corrected chi connectivity index (χ1v) is 7.15. The maximum atomic E-state index is 13.3. The summed E-state index contributed by atoms with van der Waals surface area (Å²) in [5.74, 6) is 0.401. The number of halogens is 3. The highest BCUT2D eigenvalue weighted by Crippen LogP contribution is 2.34. The van der Waals surface area contributed by atoms with Crippen molar-refractivity contribution in [1.82, 2.24) is 15.1 Å². The van der Waals surface area contributed by atoms with E-state index in [1.807, 2.05) is 27.7 Å². The van der Waals surface area contributed by atoms with Gasteiger partial charge in [0.05, 0.1) is 12.2 Å². The second-order valence-corrected chi connectivity index (χ2v) is 5.46. The lowest BCUT2D eigenvalue weighted by Crippen LogP contribution is -2.24. The third-order valence-electron chi connectivity index (χ3n) is 3.30. The molecule has 0 aliphatic carbocycles. The topological polar surface area (TPSA) is 29.9 Å². The minimum atomic E-state index is -4.37. The van der Waals surface area contributed by atoms with Gasteiger partial charge in [-0.15, -0.1) is 0 Å². The van der Waals surface area contributed by atoms with Crippen LogP contribution in [0.3, 0.4) is 0 Å². The summed E-state index contributed by atoms with van der Waals surface area (Å²) in [7, 11) is 0. The Balaban J connectivity index is 3.01. The fourth-order valence-electron chi connectivity index (χ4n) is 2.25. The van der Waals surface area contributed by atoms with Crippen LogP contribution >= 0.6 is 0 Å². The molecule has 0 atom stereocenters. The Hall–Kier alpha value is -1.04. The smallest absolute Gasteiger partial charge is 0.312 e. The van der Waals surface area contributed by atoms with Gasteiger partial charge in [0, 0.05) is 12.1 Å². The van der Waals surface area contributed by atoms with Crippen LogP contribution in [-0.4, -0.2) is 16.3 Å². The van der Waals surface area contributed by atoms with E-state index in [0.717, 1.165) is 4.68 Å². The molecule has 1 aromatic rings. The molecular formula is C14H24F3N3. The lowest BCUT2D eigenvalue weighted by Gasteiger charge is -2.19. The van der Waals surface area contributed by atoms with Gasteiger partial charge in [0.25, 0.3) is 0 Å². The molecule has 0 aliphatic rings. The Labute approximate surface area is 118 Å². The van der Waals surface area contributed by atoms with Gasteiger partial charge in [-0.2, -0.15) is 18.3 Å². The van der Waals surface area contributed by atoms with E-state index in [9.17, 15) is 13.2 Å². The van der Waals surface area contributed by atoms with Gasteiger partial charge >= 0.3 is 6.18 Å². The molecule has 20 heavy (non-hydrogen) atoms. The minimum Gasteiger partial charge on any atom is -0.312 e. The van der Waals surface area contributed by atoms with E-state index in [2.05, 4.69) is 10.4 Å². The van der Waals surface area contributed by atoms with Crippen molar-refractivity contribution in [2.45, 2.75) is 59.3 Å². The Kier molecular flexibility index (Phi) is 6.05. The quantitative estimate of drug-likeness (QED) is 0.822. The molecule has 1 rings (SSSR count). The molecule has 0 amide bonds. The molecule has 0 aliphatic heterocycles. The summed E-state index contributed by atoms with van der Waals surface area (Å²) in [5, 5.41) is 7.03. The first kappa shape index (κ1) is 17.0. The lowest BCUT2D eigenvalue weighted by molar-refractivity contribution is -0.145. The van der Waals surface area contributed by atoms with Gasteiger partial charge in [0.2, 0.25) is 0 Å². The molecule has 0 bridgehead atoms. The van der Waals surface area contributed by atoms with Crippen LogP contribution in [0.1, 0.15) is 57.8 Å². The van der Waals surface area contributed by atoms with Gasteiger partial charge in [-0.1, -0.05) is 27.7 Å². The molecule has 0 radical (unpaired) electrons. The minimum absolute atomic E-state index is 0.202. The summed E-state index contributed by atoms with van der Waals surface area (Å²) < 4.78 is 41.0. The molecule has 0 spiro atoms. The highest BCUT2D eigenvalue weighted by molar-refractivity contribution is 5.21. The van der Waals surface area contributed by atoms with E-state index in [4.69, 9.17) is 0 Å². The summed E-state index contributed by atoms with van der Waals surface area (Å²) in [6, 6.07) is -0.203. The zero-order valence-electron chi connectivity index (χ0n) is 12.6. The van der Waals surface area contributed by atoms with Gasteiger partial charge in [-0.3, -0.25) is 4.68 Å². The van der Waals surface area contributed by atoms with Crippen LogP contribution in [-0.2, 0) is 12.7 Å². The number of alkyl halides is 3. The van der Waals surface area contributed by atoms with E-state index in [1.54, 1.807) is 0 Å². The van der Waals surface area contributed by atoms with Crippen molar-refractivity contribution in [2.75, 3.05) is 6.54 Å². The number of nitrogens with zero attached hydrogens (tertiary/aromatic N) is 2. The van der Waals surface area contributed by atoms with Gasteiger partial charge in [0.1, 0.15) is 5.69 Å². The Morgan fingerprint density at radius 2 is 1.85 bits per heavy atom. The molecular weight excluding hydrogens is 267 g/mol. The average molecular weight is 291 g/mol. The number of aromatic nitrogens is 2. The predicted molar refractivity (Wildman–Crippen MR) is 73.4 cm³/mol. The maximum absolute atomic E-state index is 13.3. The van der Waals surface area contributed by atoms with Crippen molar-refractivity contribution in [2.24, 2.45) is 5.92 Å². The van der Waals surface area contributed by atoms with Crippen molar-refractivity contribution >= 4 is 0 Å². The van der Waals surface area contributed by atoms with Crippen molar-refractivity contribution in [3.05, 3.63) is 17.5 Å². The van der Waals surface area contributed by atoms with Crippen LogP contribution in [0.15, 0.2) is 6.20 Å². The summed E-state index contributed by atoms with van der Waals surface area (Å²) in [6.07, 6.45) is -1.75. The molecule has 6 heteroatoms. The molecule has 1 aromatic heterocycles. The molecule has 116 valence electrons. The standard InChI is InChI=1S/C14H24F3N3/c1-5-12(6-2)20-13(14(15,16)17)11(9-19-20)8-18-7-10(3)4/h9-10,12,18H,5-8H2,1-4H3. The molecule has 1 heterocycles. The van der Waals surface area contributed by atoms with E-state index >= 15 is 0 Å². The maximum Gasteiger partial charge on any atom is 0.433 e. The Bertz CT molecular complexity index is 406. The monoisotopic (exact) mass is 291 g/mol. The van der Waals surface area contributed by atoms with Crippen LogP contribution < -0.4 is 5.32 Å². The number of rotatable bonds is 7. The fourth-order valence-corrected chi connectivity index (χ4v) is 2.25. The van der Waals surface area contributed by atoms with E-state index in [-0.39, 0.29) is 18.2 Å². The van der Waals surface area contributed by atoms with Crippen molar-refractivity contribution < 1.29 is 13.2 Å². The third kappa shape index (κ3) is 4.23. The van der Waals surface area contributed by atoms with Gasteiger partial charge in [-0.25, -0.2) is 0 Å². The molecule has 0 aromatic carbocycles. The largest absolute Gasteiger partial charge is 0.433 e. The number of hydrogen-bond acceptors (Lipinski definition) is 2. The van der Waals surface area contributed by atoms with E-state index < -0.39 is 11.9 Å². The first-order chi connectivity index (χ1) is 9.31. The van der Waals surface area contributed by atoms with Crippen molar-refractivity contribution in [3.8, 4) is 0 Å². The van der Waals surface area contributed by atoms with Crippen LogP contribution in [0.25, 0.3) is 0 Å². The summed E-state index contributed by atoms with van der Waals surface area (Å²) in [5.41, 5.74) is -0.382. The summed E-state index contributed by atoms with van der Waals surface area (Å²) in [6.45, 7) is 8.69. The van der Waals surface area contributed by atoms with Crippen LogP contribution in [0.2, 0.25) is 0 Å². The van der Waals surface area contributed by atoms with Crippen molar-refractivity contribution in [1.29, 1.82) is 0 Å². The van der Waals surface area contributed by atoms with E-state index in [1.165, 1.54) is 6.20 Å². The summed E-state index contributed by atoms with van der Waals surface area (Å²) >= 11 is 0. The Morgan fingerprint density at radius 3 is 2.30 bits per heavy atom. The first-order valence-electron chi connectivity index (χ1n) is 7.15. The SMILES string of the molecule is CCC(CC)n1ncc(CNCC(C)C)c1C(F)(F)F. The average Bonchev–Trinajstić information content (AvgIpc) is 2.74. The highest BCUT2D eigenvalue weighted by atomic mass is 19.4. The third-order valence-corrected chi connectivity index (χ3v) is 3.30. The molecule has 0 saturated heterocycles. The second-order valence-electron chi connectivity index (χ2n) is 5.46. The number of hydrogen-bond donors (Lipinski definition) is 1. The lowest BCUT2D eigenvalue weighted by atomic mass is 10.1. The van der Waals surface area contributed by atoms with Crippen LogP contribution in [0.5, 0.6) is 0 Å². The second kappa shape index (κ2) is 7.11. The highest BCUT2D eigenvalue weighted by Gasteiger charge is 2.39. The molecule has 0 saturated carbocycles. The summed E-state index contributed by atoms with van der Waals surface area (Å²) in [4.78, 5) is 0. The van der Waals surface area contributed by atoms with Gasteiger partial charge < -0.3 is 5.32 Å². The zero-order chi connectivity index (χ0) is 15.3. The Morgan fingerprint density at radius 1 is 1.25 bits per heavy atom. The van der Waals surface area contributed by atoms with Crippen molar-refractivity contribution in [3.63, 3.8) is 0 Å². The number of nitrogens with one attached hydrogen (secondary N) is 1. The molecule has 1 N–H and O–H groups in total. The molecule has 0 unspecified atom stereocenters. The van der Waals surface area contributed by atoms with Gasteiger partial charge in [-0.05, 0) is 25.3 Å². The molecule has 0 fully saturated rings. The van der Waals surface area contributed by atoms with Gasteiger partial charge in [0.15, 0.2) is 0 Å². The van der Waals surface area contributed by atoms with E-state index in [0.29, 0.717) is 25.3 Å². The zero-order valence-corrected chi connectivity index (χ0v) is 12.6. The molecule has 3 nitrogen and oxygen atoms in total. The van der Waals surface area contributed by atoms with Crippen LogP contribution in [0.4, 0.5) is 13.2 Å². The predicted octanol–water partition coefficient (Wildman–Crippen LogP) is 4.01.